The first-order chi connectivity index (χ1) is 24.7. The molecule has 2 saturated carbocycles. The van der Waals surface area contributed by atoms with E-state index in [0.29, 0.717) is 48.1 Å². The molecule has 1 atom stereocenters. The van der Waals surface area contributed by atoms with Gasteiger partial charge in [-0.15, -0.1) is 10.2 Å². The summed E-state index contributed by atoms with van der Waals surface area (Å²) < 4.78 is 31.2. The molecule has 0 radical (unpaired) electrons. The monoisotopic (exact) mass is 752 g/mol. The van der Waals surface area contributed by atoms with Gasteiger partial charge >= 0.3 is 0 Å². The van der Waals surface area contributed by atoms with Crippen LogP contribution in [0.25, 0.3) is 22.5 Å². The second kappa shape index (κ2) is 16.0. The van der Waals surface area contributed by atoms with Crippen molar-refractivity contribution in [1.82, 2.24) is 24.5 Å². The quantitative estimate of drug-likeness (QED) is 0.103. The Morgan fingerprint density at radius 2 is 1.46 bits per heavy atom. The molecule has 12 heteroatoms. The zero-order chi connectivity index (χ0) is 37.2. The summed E-state index contributed by atoms with van der Waals surface area (Å²) in [5.41, 5.74) is 5.15. The Balaban J connectivity index is 1.26. The van der Waals surface area contributed by atoms with Crippen LogP contribution in [0.2, 0.25) is 0 Å². The first-order valence-corrected chi connectivity index (χ1v) is 24.4. The third kappa shape index (κ3) is 9.67. The number of carbonyl (C=O) groups is 1. The van der Waals surface area contributed by atoms with Gasteiger partial charge in [0.25, 0.3) is 0 Å². The number of benzene rings is 2. The second-order valence-electron chi connectivity index (χ2n) is 16.3. The van der Waals surface area contributed by atoms with E-state index in [2.05, 4.69) is 60.0 Å². The van der Waals surface area contributed by atoms with Gasteiger partial charge in [-0.05, 0) is 125 Å². The molecule has 284 valence electrons. The first-order valence-electron chi connectivity index (χ1n) is 18.3. The highest BCUT2D eigenvalue weighted by Gasteiger charge is 2.50. The highest BCUT2D eigenvalue weighted by atomic mass is 32.3. The van der Waals surface area contributed by atoms with Crippen LogP contribution in [0.5, 0.6) is 0 Å². The van der Waals surface area contributed by atoms with Gasteiger partial charge in [0.15, 0.2) is 5.82 Å². The fourth-order valence-corrected chi connectivity index (χ4v) is 8.21. The van der Waals surface area contributed by atoms with Crippen molar-refractivity contribution in [3.05, 3.63) is 71.6 Å². The number of nitrogens with zero attached hydrogens (tertiary/aromatic N) is 5. The van der Waals surface area contributed by atoms with Crippen LogP contribution in [-0.4, -0.2) is 92.7 Å². The summed E-state index contributed by atoms with van der Waals surface area (Å²) in [6.45, 7) is 5.95. The number of amides is 1. The highest BCUT2D eigenvalue weighted by molar-refractivity contribution is 8.32. The van der Waals surface area contributed by atoms with Crippen LogP contribution in [-0.2, 0) is 27.7 Å². The fraction of sp³-hybridized carbons (Fsp3) is 0.550. The summed E-state index contributed by atoms with van der Waals surface area (Å²) in [5, 5.41) is 17.2. The van der Waals surface area contributed by atoms with Gasteiger partial charge in [0.2, 0.25) is 5.91 Å². The molecule has 2 fully saturated rings. The van der Waals surface area contributed by atoms with Crippen LogP contribution in [0.4, 0.5) is 10.1 Å². The van der Waals surface area contributed by atoms with E-state index >= 15 is 4.39 Å². The minimum Gasteiger partial charge on any atom is -0.360 e. The molecule has 2 aliphatic rings. The summed E-state index contributed by atoms with van der Waals surface area (Å²) in [4.78, 5) is 14.6. The zero-order valence-corrected chi connectivity index (χ0v) is 33.8. The predicted octanol–water partition coefficient (Wildman–Crippen LogP) is 8.06. The number of anilines is 1. The Labute approximate surface area is 312 Å². The molecule has 1 N–H and O–H groups in total. The van der Waals surface area contributed by atoms with Gasteiger partial charge in [0, 0.05) is 28.5 Å². The Kier molecular flexibility index (Phi) is 11.9. The Hall–Kier alpha value is -3.19. The number of carbonyl (C=O) groups excluding carboxylic acids is 1. The molecule has 6 rings (SSSR count). The lowest BCUT2D eigenvalue weighted by Crippen LogP contribution is -2.32. The number of nitrogens with one attached hydrogen (secondary N) is 1. The standard InChI is InChI=1S/C40H57FN6O3S2/c1-27-35(28(2)47(45-27)26-50-22-24-52(6,7)8)29-17-19-32(20-18-29)42-40(48)37(36(30-13-14-30)31-15-16-31)39-44-43-38(33-11-9-10-12-34(33)41)46(39)25-49-21-23-51(3,4)5/h9-12,17-20,30-31,36-37H,13-16,21-26H2,1-8H3,(H,42,48). The van der Waals surface area contributed by atoms with Crippen molar-refractivity contribution < 1.29 is 18.7 Å². The minimum atomic E-state index is -0.762. The molecule has 1 amide bonds. The number of rotatable bonds is 18. The maximum atomic E-state index is 15.2. The van der Waals surface area contributed by atoms with Crippen molar-refractivity contribution in [2.75, 3.05) is 67.6 Å². The van der Waals surface area contributed by atoms with Crippen molar-refractivity contribution in [3.63, 3.8) is 0 Å². The Morgan fingerprint density at radius 3 is 2.04 bits per heavy atom. The zero-order valence-electron chi connectivity index (χ0n) is 32.2. The molecular weight excluding hydrogens is 696 g/mol. The van der Waals surface area contributed by atoms with E-state index < -0.39 is 26.0 Å². The highest BCUT2D eigenvalue weighted by Crippen LogP contribution is 2.55. The van der Waals surface area contributed by atoms with Crippen LogP contribution in [0, 0.1) is 37.4 Å². The number of halogens is 1. The van der Waals surface area contributed by atoms with E-state index in [1.807, 2.05) is 40.4 Å². The Bertz CT molecular complexity index is 1820. The van der Waals surface area contributed by atoms with Crippen LogP contribution >= 0.6 is 20.1 Å². The van der Waals surface area contributed by atoms with Gasteiger partial charge in [-0.2, -0.15) is 5.10 Å². The van der Waals surface area contributed by atoms with Gasteiger partial charge in [-0.25, -0.2) is 29.1 Å². The molecule has 2 aliphatic carbocycles. The molecule has 9 nitrogen and oxygen atoms in total. The number of ether oxygens (including phenoxy) is 2. The molecule has 0 spiro atoms. The number of hydrogen-bond acceptors (Lipinski definition) is 6. The number of aryl methyl sites for hydroxylation is 1. The third-order valence-electron chi connectivity index (χ3n) is 10.1. The second-order valence-corrected chi connectivity index (χ2v) is 25.5. The van der Waals surface area contributed by atoms with Crippen LogP contribution in [0.3, 0.4) is 0 Å². The van der Waals surface area contributed by atoms with Gasteiger partial charge in [-0.3, -0.25) is 9.36 Å². The molecule has 4 aromatic rings. The topological polar surface area (TPSA) is 96.1 Å². The number of hydrogen-bond donors (Lipinski definition) is 1. The fourth-order valence-electron chi connectivity index (χ4n) is 6.98. The maximum absolute atomic E-state index is 15.2. The normalized spacial score (nSPS) is 16.3. The molecule has 0 saturated heterocycles. The molecule has 52 heavy (non-hydrogen) atoms. The van der Waals surface area contributed by atoms with E-state index in [4.69, 9.17) is 14.6 Å². The van der Waals surface area contributed by atoms with Crippen molar-refractivity contribution in [1.29, 1.82) is 0 Å². The van der Waals surface area contributed by atoms with Crippen molar-refractivity contribution >= 4 is 31.7 Å². The Morgan fingerprint density at radius 1 is 0.865 bits per heavy atom. The first kappa shape index (κ1) is 38.5. The van der Waals surface area contributed by atoms with Crippen LogP contribution < -0.4 is 5.32 Å². The minimum absolute atomic E-state index is 0.112. The molecule has 0 bridgehead atoms. The predicted molar refractivity (Wildman–Crippen MR) is 215 cm³/mol. The molecule has 2 aromatic heterocycles. The summed E-state index contributed by atoms with van der Waals surface area (Å²) >= 11 is 0. The molecule has 2 heterocycles. The SMILES string of the molecule is Cc1nn(COCCS(C)(C)C)c(C)c1-c1ccc(NC(=O)C(c2nnc(-c3ccccc3F)n2COCCS(C)(C)C)C(C2CC2)C2CC2)cc1. The van der Waals surface area contributed by atoms with Gasteiger partial charge in [0.05, 0.1) is 24.5 Å². The summed E-state index contributed by atoms with van der Waals surface area (Å²) in [6.07, 6.45) is 18.1. The molecular formula is C40H57FN6O3S2. The molecule has 1 unspecified atom stereocenters. The van der Waals surface area contributed by atoms with E-state index in [-0.39, 0.29) is 24.4 Å². The smallest absolute Gasteiger partial charge is 0.235 e. The lowest BCUT2D eigenvalue weighted by atomic mass is 9.82. The summed E-state index contributed by atoms with van der Waals surface area (Å²) in [6, 6.07) is 14.6. The van der Waals surface area contributed by atoms with Gasteiger partial charge < -0.3 is 14.8 Å². The largest absolute Gasteiger partial charge is 0.360 e. The molecule has 0 aliphatic heterocycles. The van der Waals surface area contributed by atoms with E-state index in [1.54, 1.807) is 18.2 Å². The third-order valence-corrected chi connectivity index (χ3v) is 12.9. The van der Waals surface area contributed by atoms with Crippen LogP contribution in [0.15, 0.2) is 48.5 Å². The van der Waals surface area contributed by atoms with Gasteiger partial charge in [0.1, 0.15) is 31.0 Å². The van der Waals surface area contributed by atoms with Crippen molar-refractivity contribution in [2.45, 2.75) is 58.9 Å². The van der Waals surface area contributed by atoms with E-state index in [0.717, 1.165) is 66.3 Å². The molecule has 2 aromatic carbocycles. The van der Waals surface area contributed by atoms with Crippen LogP contribution in [0.1, 0.15) is 48.8 Å². The van der Waals surface area contributed by atoms with Gasteiger partial charge in [-0.1, -0.05) is 24.3 Å². The lowest BCUT2D eigenvalue weighted by molar-refractivity contribution is -0.119. The lowest BCUT2D eigenvalue weighted by Gasteiger charge is -2.27. The summed E-state index contributed by atoms with van der Waals surface area (Å²) in [5.74, 6) is 2.95. The number of aromatic nitrogens is 5. The summed E-state index contributed by atoms with van der Waals surface area (Å²) in [7, 11) is -1.37. The maximum Gasteiger partial charge on any atom is 0.235 e. The van der Waals surface area contributed by atoms with E-state index in [9.17, 15) is 4.79 Å². The average molecular weight is 753 g/mol. The van der Waals surface area contributed by atoms with Crippen molar-refractivity contribution in [3.8, 4) is 22.5 Å². The van der Waals surface area contributed by atoms with E-state index in [1.165, 1.54) is 6.07 Å². The van der Waals surface area contributed by atoms with Crippen molar-refractivity contribution in [2.24, 2.45) is 17.8 Å². The average Bonchev–Trinajstić information content (AvgIpc) is 4.02.